The van der Waals surface area contributed by atoms with E-state index in [9.17, 15) is 4.79 Å². The molecule has 37 heavy (non-hydrogen) atoms. The molecule has 4 aromatic rings. The molecule has 7 rings (SSSR count). The van der Waals surface area contributed by atoms with Crippen molar-refractivity contribution in [2.24, 2.45) is 5.41 Å². The van der Waals surface area contributed by atoms with Gasteiger partial charge < -0.3 is 14.4 Å². The topological polar surface area (TPSA) is 50.7 Å². The maximum absolute atomic E-state index is 13.4. The van der Waals surface area contributed by atoms with Crippen LogP contribution in [-0.4, -0.2) is 63.1 Å². The van der Waals surface area contributed by atoms with Gasteiger partial charge in [-0.05, 0) is 68.4 Å². The molecule has 7 heteroatoms. The van der Waals surface area contributed by atoms with Crippen LogP contribution in [0.4, 0.5) is 5.69 Å². The van der Waals surface area contributed by atoms with Crippen LogP contribution in [0, 0.1) is 12.0 Å². The fourth-order valence-electron chi connectivity index (χ4n) is 6.16. The lowest BCUT2D eigenvalue weighted by molar-refractivity contribution is -0.0283. The molecule has 0 N–H and O–H groups in total. The predicted molar refractivity (Wildman–Crippen MR) is 143 cm³/mol. The Hall–Kier alpha value is -4.15. The van der Waals surface area contributed by atoms with Crippen molar-refractivity contribution in [2.45, 2.75) is 19.4 Å². The van der Waals surface area contributed by atoms with Crippen molar-refractivity contribution in [1.82, 2.24) is 23.9 Å². The molecule has 2 aromatic heterocycles. The van der Waals surface area contributed by atoms with E-state index in [-0.39, 0.29) is 5.91 Å². The standard InChI is InChI=1S/C30H28N6O/c1-31-25-6-3-21(4-7-25)23-16-27-28-32-11-14-36(28)26-8-5-22(15-24(26)18-34(27)17-23)29(37)35-19-30(20-35)9-12-33(2)13-10-30/h3-8,11,14-17H,9-10,12-13,18-20H2,2H3. The molecule has 0 saturated carbocycles. The van der Waals surface area contributed by atoms with Gasteiger partial charge in [-0.1, -0.05) is 24.3 Å². The minimum Gasteiger partial charge on any atom is -0.340 e. The quantitative estimate of drug-likeness (QED) is 0.325. The largest absolute Gasteiger partial charge is 0.340 e. The zero-order chi connectivity index (χ0) is 25.1. The first kappa shape index (κ1) is 22.1. The maximum atomic E-state index is 13.4. The smallest absolute Gasteiger partial charge is 0.253 e. The highest BCUT2D eigenvalue weighted by Gasteiger charge is 2.46. The molecule has 0 aliphatic carbocycles. The van der Waals surface area contributed by atoms with Crippen LogP contribution in [0.5, 0.6) is 0 Å². The monoisotopic (exact) mass is 488 g/mol. The van der Waals surface area contributed by atoms with Gasteiger partial charge in [-0.25, -0.2) is 9.83 Å². The van der Waals surface area contributed by atoms with Crippen LogP contribution in [0.15, 0.2) is 67.1 Å². The Labute approximate surface area is 216 Å². The van der Waals surface area contributed by atoms with E-state index < -0.39 is 0 Å². The van der Waals surface area contributed by atoms with Gasteiger partial charge in [0, 0.05) is 54.8 Å². The average molecular weight is 489 g/mol. The highest BCUT2D eigenvalue weighted by atomic mass is 16.2. The zero-order valence-corrected chi connectivity index (χ0v) is 20.9. The third-order valence-electron chi connectivity index (χ3n) is 8.41. The number of aromatic nitrogens is 3. The molecule has 3 aliphatic rings. The Balaban J connectivity index is 1.19. The van der Waals surface area contributed by atoms with Crippen LogP contribution in [0.25, 0.3) is 33.2 Å². The van der Waals surface area contributed by atoms with Gasteiger partial charge in [0.2, 0.25) is 0 Å². The number of imidazole rings is 1. The maximum Gasteiger partial charge on any atom is 0.253 e. The van der Waals surface area contributed by atoms with Gasteiger partial charge in [-0.15, -0.1) is 0 Å². The lowest BCUT2D eigenvalue weighted by atomic mass is 9.72. The van der Waals surface area contributed by atoms with Crippen LogP contribution in [0.3, 0.4) is 0 Å². The Bertz CT molecular complexity index is 1550. The Kier molecular flexibility index (Phi) is 4.89. The number of carbonyl (C=O) groups is 1. The van der Waals surface area contributed by atoms with Crippen LogP contribution in [0.2, 0.25) is 0 Å². The number of amides is 1. The van der Waals surface area contributed by atoms with E-state index in [0.29, 0.717) is 17.6 Å². The van der Waals surface area contributed by atoms with Crippen LogP contribution in [0.1, 0.15) is 28.8 Å². The van der Waals surface area contributed by atoms with Crippen molar-refractivity contribution in [2.75, 3.05) is 33.2 Å². The average Bonchev–Trinajstić information content (AvgIpc) is 3.53. The number of piperidine rings is 1. The summed E-state index contributed by atoms with van der Waals surface area (Å²) in [5.41, 5.74) is 7.06. The molecular formula is C30H28N6O. The summed E-state index contributed by atoms with van der Waals surface area (Å²) in [7, 11) is 2.18. The Morgan fingerprint density at radius 1 is 1.03 bits per heavy atom. The number of benzene rings is 2. The number of carbonyl (C=O) groups excluding carboxylic acids is 1. The van der Waals surface area contributed by atoms with Gasteiger partial charge in [-0.3, -0.25) is 9.36 Å². The highest BCUT2D eigenvalue weighted by molar-refractivity contribution is 5.95. The SMILES string of the molecule is [C-]#[N+]c1ccc(-c2cc3n(c2)Cc2cc(C(=O)N4CC5(CCN(C)CC5)C4)ccc2-n2ccnc2-3)cc1. The molecule has 0 unspecified atom stereocenters. The van der Waals surface area contributed by atoms with E-state index in [2.05, 4.69) is 55.3 Å². The van der Waals surface area contributed by atoms with Gasteiger partial charge in [0.25, 0.3) is 5.91 Å². The molecule has 5 heterocycles. The van der Waals surface area contributed by atoms with Gasteiger partial charge in [0.05, 0.1) is 18.0 Å². The summed E-state index contributed by atoms with van der Waals surface area (Å²) in [5.74, 6) is 1.02. The number of fused-ring (bicyclic) bond motifs is 5. The summed E-state index contributed by atoms with van der Waals surface area (Å²) in [6.07, 6.45) is 8.32. The van der Waals surface area contributed by atoms with Crippen molar-refractivity contribution < 1.29 is 4.79 Å². The van der Waals surface area contributed by atoms with Crippen molar-refractivity contribution in [3.05, 3.63) is 89.7 Å². The molecule has 7 nitrogen and oxygen atoms in total. The normalized spacial score (nSPS) is 17.8. The van der Waals surface area contributed by atoms with Crippen LogP contribution < -0.4 is 0 Å². The molecular weight excluding hydrogens is 460 g/mol. The second kappa shape index (κ2) is 8.19. The number of hydrogen-bond acceptors (Lipinski definition) is 3. The number of likely N-dealkylation sites (tertiary alicyclic amines) is 2. The third kappa shape index (κ3) is 3.59. The van der Waals surface area contributed by atoms with Crippen LogP contribution in [-0.2, 0) is 6.54 Å². The minimum atomic E-state index is 0.135. The Morgan fingerprint density at radius 2 is 1.81 bits per heavy atom. The first-order valence-corrected chi connectivity index (χ1v) is 12.8. The summed E-state index contributed by atoms with van der Waals surface area (Å²) in [6.45, 7) is 11.9. The fraction of sp³-hybridized carbons (Fsp3) is 0.300. The van der Waals surface area contributed by atoms with Gasteiger partial charge in [-0.2, -0.15) is 0 Å². The second-order valence-electron chi connectivity index (χ2n) is 10.8. The molecule has 3 aliphatic heterocycles. The van der Waals surface area contributed by atoms with Crippen LogP contribution >= 0.6 is 0 Å². The van der Waals surface area contributed by atoms with E-state index in [1.165, 1.54) is 12.8 Å². The minimum absolute atomic E-state index is 0.135. The summed E-state index contributed by atoms with van der Waals surface area (Å²) < 4.78 is 4.33. The lowest BCUT2D eigenvalue weighted by Gasteiger charge is -2.53. The molecule has 0 bridgehead atoms. The predicted octanol–water partition coefficient (Wildman–Crippen LogP) is 5.09. The number of nitrogens with zero attached hydrogens (tertiary/aromatic N) is 6. The molecule has 1 spiro atoms. The molecule has 0 atom stereocenters. The van der Waals surface area contributed by atoms with Crippen molar-refractivity contribution in [3.63, 3.8) is 0 Å². The number of hydrogen-bond donors (Lipinski definition) is 0. The van der Waals surface area contributed by atoms with Crippen molar-refractivity contribution in [3.8, 4) is 28.3 Å². The molecule has 2 saturated heterocycles. The summed E-state index contributed by atoms with van der Waals surface area (Å²) in [4.78, 5) is 26.0. The van der Waals surface area contributed by atoms with Gasteiger partial charge in [0.15, 0.2) is 11.5 Å². The Morgan fingerprint density at radius 3 is 2.57 bits per heavy atom. The molecule has 0 radical (unpaired) electrons. The third-order valence-corrected chi connectivity index (χ3v) is 8.41. The van der Waals surface area contributed by atoms with Gasteiger partial charge >= 0.3 is 0 Å². The van der Waals surface area contributed by atoms with Gasteiger partial charge in [0.1, 0.15) is 0 Å². The van der Waals surface area contributed by atoms with E-state index in [0.717, 1.165) is 65.6 Å². The van der Waals surface area contributed by atoms with E-state index in [1.807, 2.05) is 47.6 Å². The van der Waals surface area contributed by atoms with E-state index in [4.69, 9.17) is 6.57 Å². The first-order valence-electron chi connectivity index (χ1n) is 12.8. The van der Waals surface area contributed by atoms with E-state index in [1.54, 1.807) is 0 Å². The van der Waals surface area contributed by atoms with Crippen molar-refractivity contribution >= 4 is 11.6 Å². The second-order valence-corrected chi connectivity index (χ2v) is 10.8. The highest BCUT2D eigenvalue weighted by Crippen LogP contribution is 2.41. The molecule has 2 aromatic carbocycles. The van der Waals surface area contributed by atoms with E-state index >= 15 is 0 Å². The first-order chi connectivity index (χ1) is 18.0. The fourth-order valence-corrected chi connectivity index (χ4v) is 6.16. The molecule has 2 fully saturated rings. The molecule has 184 valence electrons. The summed E-state index contributed by atoms with van der Waals surface area (Å²) in [5, 5.41) is 0. The number of rotatable bonds is 2. The summed E-state index contributed by atoms with van der Waals surface area (Å²) in [6, 6.07) is 15.9. The molecule has 1 amide bonds. The summed E-state index contributed by atoms with van der Waals surface area (Å²) >= 11 is 0. The lowest BCUT2D eigenvalue weighted by Crippen LogP contribution is -2.61. The van der Waals surface area contributed by atoms with Crippen molar-refractivity contribution in [1.29, 1.82) is 0 Å². The zero-order valence-electron chi connectivity index (χ0n) is 20.9.